The molecule has 1 aromatic carbocycles. The Labute approximate surface area is 125 Å². The number of carbonyl (C=O) groups is 2. The zero-order valence-electron chi connectivity index (χ0n) is 10.9. The van der Waals surface area contributed by atoms with Crippen LogP contribution in [0.5, 0.6) is 0 Å². The van der Waals surface area contributed by atoms with Crippen LogP contribution in [-0.2, 0) is 0 Å². The van der Waals surface area contributed by atoms with E-state index in [-0.39, 0.29) is 11.6 Å². The van der Waals surface area contributed by atoms with Gasteiger partial charge in [0.15, 0.2) is 0 Å². The van der Waals surface area contributed by atoms with Crippen molar-refractivity contribution in [3.05, 3.63) is 27.3 Å². The Bertz CT molecular complexity index is 475. The van der Waals surface area contributed by atoms with Crippen LogP contribution in [0.2, 0.25) is 0 Å². The highest BCUT2D eigenvalue weighted by Crippen LogP contribution is 2.18. The summed E-state index contributed by atoms with van der Waals surface area (Å²) in [5, 5.41) is 14.3. The van der Waals surface area contributed by atoms with E-state index in [0.717, 1.165) is 9.99 Å². The van der Waals surface area contributed by atoms with Crippen LogP contribution in [0.15, 0.2) is 18.2 Å². The molecule has 0 atom stereocenters. The van der Waals surface area contributed by atoms with E-state index in [2.05, 4.69) is 24.5 Å². The number of benzene rings is 1. The van der Waals surface area contributed by atoms with Crippen LogP contribution in [0.25, 0.3) is 0 Å². The first-order valence-electron chi connectivity index (χ1n) is 5.98. The molecule has 1 rings (SSSR count). The second-order valence-electron chi connectivity index (χ2n) is 4.56. The second kappa shape index (κ2) is 7.32. The summed E-state index contributed by atoms with van der Waals surface area (Å²) in [7, 11) is 0. The van der Waals surface area contributed by atoms with E-state index in [9.17, 15) is 9.59 Å². The fourth-order valence-electron chi connectivity index (χ4n) is 1.44. The maximum Gasteiger partial charge on any atom is 0.337 e. The van der Waals surface area contributed by atoms with Gasteiger partial charge in [0, 0.05) is 10.1 Å². The number of urea groups is 1. The first-order valence-corrected chi connectivity index (χ1v) is 7.05. The topological polar surface area (TPSA) is 78.4 Å². The Morgan fingerprint density at radius 3 is 2.63 bits per heavy atom. The van der Waals surface area contributed by atoms with Crippen molar-refractivity contribution >= 4 is 40.3 Å². The summed E-state index contributed by atoms with van der Waals surface area (Å²) in [5.74, 6) is -0.552. The van der Waals surface area contributed by atoms with Crippen LogP contribution in [0.1, 0.15) is 30.6 Å². The lowest BCUT2D eigenvalue weighted by atomic mass is 10.1. The molecule has 6 heteroatoms. The molecule has 0 saturated heterocycles. The van der Waals surface area contributed by atoms with E-state index < -0.39 is 5.97 Å². The second-order valence-corrected chi connectivity index (χ2v) is 5.80. The quantitative estimate of drug-likeness (QED) is 0.691. The van der Waals surface area contributed by atoms with Crippen LogP contribution >= 0.6 is 22.6 Å². The van der Waals surface area contributed by atoms with Gasteiger partial charge in [-0.2, -0.15) is 0 Å². The molecule has 0 radical (unpaired) electrons. The molecule has 0 aliphatic rings. The van der Waals surface area contributed by atoms with Crippen molar-refractivity contribution in [1.29, 1.82) is 0 Å². The van der Waals surface area contributed by atoms with Crippen molar-refractivity contribution in [2.24, 2.45) is 5.92 Å². The molecule has 2 amide bonds. The monoisotopic (exact) mass is 376 g/mol. The molecule has 104 valence electrons. The first-order chi connectivity index (χ1) is 8.90. The molecule has 0 aliphatic heterocycles. The number of amides is 2. The number of carboxylic acid groups (broad SMARTS) is 1. The Kier molecular flexibility index (Phi) is 6.07. The molecule has 0 spiro atoms. The smallest absolute Gasteiger partial charge is 0.337 e. The Balaban J connectivity index is 2.66. The SMILES string of the molecule is CC(C)CCNC(=O)Nc1ccc(I)cc1C(=O)O. The van der Waals surface area contributed by atoms with Crippen molar-refractivity contribution in [1.82, 2.24) is 5.32 Å². The standard InChI is InChI=1S/C13H17IN2O3/c1-8(2)5-6-15-13(19)16-11-4-3-9(14)7-10(11)12(17)18/h3-4,7-8H,5-6H2,1-2H3,(H,17,18)(H2,15,16,19). The summed E-state index contributed by atoms with van der Waals surface area (Å²) in [5.41, 5.74) is 0.390. The number of hydrogen-bond donors (Lipinski definition) is 3. The number of rotatable bonds is 5. The van der Waals surface area contributed by atoms with Gasteiger partial charge in [0.05, 0.1) is 11.3 Å². The highest BCUT2D eigenvalue weighted by atomic mass is 127. The van der Waals surface area contributed by atoms with Gasteiger partial charge in [0.25, 0.3) is 0 Å². The van der Waals surface area contributed by atoms with Crippen LogP contribution in [0, 0.1) is 9.49 Å². The van der Waals surface area contributed by atoms with Gasteiger partial charge in [-0.15, -0.1) is 0 Å². The summed E-state index contributed by atoms with van der Waals surface area (Å²) < 4.78 is 0.806. The lowest BCUT2D eigenvalue weighted by Crippen LogP contribution is -2.30. The van der Waals surface area contributed by atoms with Crippen LogP contribution in [0.4, 0.5) is 10.5 Å². The van der Waals surface area contributed by atoms with Crippen molar-refractivity contribution in [3.63, 3.8) is 0 Å². The molecular weight excluding hydrogens is 359 g/mol. The number of aromatic carboxylic acids is 1. The van der Waals surface area contributed by atoms with Crippen molar-refractivity contribution < 1.29 is 14.7 Å². The highest BCUT2D eigenvalue weighted by Gasteiger charge is 2.12. The molecule has 3 N–H and O–H groups in total. The Morgan fingerprint density at radius 2 is 2.05 bits per heavy atom. The van der Waals surface area contributed by atoms with Gasteiger partial charge in [0.2, 0.25) is 0 Å². The minimum atomic E-state index is -1.06. The summed E-state index contributed by atoms with van der Waals surface area (Å²) in [6, 6.07) is 4.47. The summed E-state index contributed by atoms with van der Waals surface area (Å²) >= 11 is 2.03. The van der Waals surface area contributed by atoms with Crippen molar-refractivity contribution in [2.45, 2.75) is 20.3 Å². The van der Waals surface area contributed by atoms with Crippen molar-refractivity contribution in [2.75, 3.05) is 11.9 Å². The average molecular weight is 376 g/mol. The van der Waals surface area contributed by atoms with Crippen LogP contribution in [0.3, 0.4) is 0 Å². The zero-order chi connectivity index (χ0) is 14.4. The average Bonchev–Trinajstić information content (AvgIpc) is 2.30. The molecule has 0 bridgehead atoms. The van der Waals surface area contributed by atoms with E-state index in [4.69, 9.17) is 5.11 Å². The molecule has 0 unspecified atom stereocenters. The lowest BCUT2D eigenvalue weighted by molar-refractivity contribution is 0.0698. The molecule has 0 saturated carbocycles. The molecular formula is C13H17IN2O3. The Hall–Kier alpha value is -1.31. The number of halogens is 1. The predicted octanol–water partition coefficient (Wildman–Crippen LogP) is 3.16. The molecule has 0 aliphatic carbocycles. The maximum absolute atomic E-state index is 11.6. The summed E-state index contributed by atoms with van der Waals surface area (Å²) in [4.78, 5) is 22.7. The number of nitrogens with one attached hydrogen (secondary N) is 2. The van der Waals surface area contributed by atoms with E-state index in [0.29, 0.717) is 18.2 Å². The van der Waals surface area contributed by atoms with Crippen LogP contribution < -0.4 is 10.6 Å². The third-order valence-corrected chi connectivity index (χ3v) is 3.14. The van der Waals surface area contributed by atoms with E-state index >= 15 is 0 Å². The molecule has 5 nitrogen and oxygen atoms in total. The predicted molar refractivity (Wildman–Crippen MR) is 82.6 cm³/mol. The van der Waals surface area contributed by atoms with E-state index in [1.54, 1.807) is 12.1 Å². The Morgan fingerprint density at radius 1 is 1.37 bits per heavy atom. The summed E-state index contributed by atoms with van der Waals surface area (Å²) in [6.07, 6.45) is 0.881. The molecule has 0 heterocycles. The first kappa shape index (κ1) is 15.7. The fourth-order valence-corrected chi connectivity index (χ4v) is 1.93. The van der Waals surface area contributed by atoms with E-state index in [1.165, 1.54) is 6.07 Å². The van der Waals surface area contributed by atoms with Gasteiger partial charge >= 0.3 is 12.0 Å². The van der Waals surface area contributed by atoms with Crippen LogP contribution in [-0.4, -0.2) is 23.7 Å². The number of carboxylic acids is 1. The van der Waals surface area contributed by atoms with Crippen molar-refractivity contribution in [3.8, 4) is 0 Å². The number of hydrogen-bond acceptors (Lipinski definition) is 2. The molecule has 0 aromatic heterocycles. The zero-order valence-corrected chi connectivity index (χ0v) is 13.0. The van der Waals surface area contributed by atoms with E-state index in [1.807, 2.05) is 22.6 Å². The lowest BCUT2D eigenvalue weighted by Gasteiger charge is -2.11. The van der Waals surface area contributed by atoms with Gasteiger partial charge < -0.3 is 15.7 Å². The fraction of sp³-hybridized carbons (Fsp3) is 0.385. The highest BCUT2D eigenvalue weighted by molar-refractivity contribution is 14.1. The van der Waals surface area contributed by atoms with Gasteiger partial charge in [-0.1, -0.05) is 13.8 Å². The maximum atomic E-state index is 11.6. The number of carbonyl (C=O) groups excluding carboxylic acids is 1. The normalized spacial score (nSPS) is 10.3. The third kappa shape index (κ3) is 5.46. The summed E-state index contributed by atoms with van der Waals surface area (Å²) in [6.45, 7) is 4.71. The van der Waals surface area contributed by atoms with Gasteiger partial charge in [0.1, 0.15) is 0 Å². The minimum absolute atomic E-state index is 0.0888. The minimum Gasteiger partial charge on any atom is -0.478 e. The van der Waals surface area contributed by atoms with Gasteiger partial charge in [-0.25, -0.2) is 9.59 Å². The molecule has 1 aromatic rings. The third-order valence-electron chi connectivity index (χ3n) is 2.47. The molecule has 19 heavy (non-hydrogen) atoms. The molecule has 0 fully saturated rings. The van der Waals surface area contributed by atoms with Gasteiger partial charge in [-0.05, 0) is 53.1 Å². The number of anilines is 1. The largest absolute Gasteiger partial charge is 0.478 e. The van der Waals surface area contributed by atoms with Gasteiger partial charge in [-0.3, -0.25) is 0 Å².